The van der Waals surface area contributed by atoms with Gasteiger partial charge in [0.1, 0.15) is 0 Å². The van der Waals surface area contributed by atoms with Crippen LogP contribution in [0, 0.1) is 6.92 Å². The molecule has 0 aliphatic rings. The zero-order valence-electron chi connectivity index (χ0n) is 16.9. The van der Waals surface area contributed by atoms with E-state index < -0.39 is 21.5 Å². The van der Waals surface area contributed by atoms with Crippen molar-refractivity contribution in [2.75, 3.05) is 5.32 Å². The first kappa shape index (κ1) is 22.4. The number of carbonyl (C=O) groups is 1. The summed E-state index contributed by atoms with van der Waals surface area (Å²) in [7, 11) is -3.77. The minimum absolute atomic E-state index is 0.0159. The van der Waals surface area contributed by atoms with Crippen LogP contribution in [-0.4, -0.2) is 30.1 Å². The van der Waals surface area contributed by atoms with Crippen LogP contribution < -0.4 is 10.0 Å². The highest BCUT2D eigenvalue weighted by Gasteiger charge is 2.24. The summed E-state index contributed by atoms with van der Waals surface area (Å²) in [5.41, 5.74) is 0.947. The average Bonchev–Trinajstić information content (AvgIpc) is 3.08. The molecule has 0 atom stereocenters. The van der Waals surface area contributed by atoms with Crippen molar-refractivity contribution in [2.24, 2.45) is 0 Å². The first-order valence-corrected chi connectivity index (χ1v) is 11.7. The third-order valence-corrected chi connectivity index (χ3v) is 6.91. The van der Waals surface area contributed by atoms with Gasteiger partial charge in [-0.25, -0.2) is 13.1 Å². The summed E-state index contributed by atoms with van der Waals surface area (Å²) >= 11 is 7.36. The molecule has 0 spiro atoms. The molecule has 2 N–H and O–H groups in total. The van der Waals surface area contributed by atoms with E-state index in [-0.39, 0.29) is 15.6 Å². The van der Waals surface area contributed by atoms with Crippen LogP contribution in [0.25, 0.3) is 10.6 Å². The molecule has 1 heterocycles. The molecular weight excluding hydrogens is 444 g/mol. The second-order valence-electron chi connectivity index (χ2n) is 7.68. The number of nitrogens with one attached hydrogen (secondary N) is 2. The molecule has 0 radical (unpaired) electrons. The maximum absolute atomic E-state index is 12.8. The summed E-state index contributed by atoms with van der Waals surface area (Å²) in [6.45, 7) is 6.98. The lowest BCUT2D eigenvalue weighted by atomic mass is 10.1. The number of sulfonamides is 1. The third kappa shape index (κ3) is 5.23. The number of halogens is 1. The van der Waals surface area contributed by atoms with E-state index in [1.807, 2.05) is 18.2 Å². The lowest BCUT2D eigenvalue weighted by molar-refractivity contribution is 0.102. The van der Waals surface area contributed by atoms with E-state index in [1.54, 1.807) is 39.8 Å². The van der Waals surface area contributed by atoms with Crippen LogP contribution in [0.5, 0.6) is 0 Å². The fourth-order valence-electron chi connectivity index (χ4n) is 2.66. The Morgan fingerprint density at radius 3 is 2.47 bits per heavy atom. The SMILES string of the molecule is Cc1ccc(S(=O)(=O)NC(C)(C)C)cc1C(=O)Nc1nnc(-c2ccccc2Cl)s1. The van der Waals surface area contributed by atoms with Crippen LogP contribution in [0.2, 0.25) is 5.02 Å². The molecule has 2 aromatic carbocycles. The van der Waals surface area contributed by atoms with Crippen LogP contribution in [0.15, 0.2) is 47.4 Å². The molecule has 10 heteroatoms. The van der Waals surface area contributed by atoms with Crippen molar-refractivity contribution < 1.29 is 13.2 Å². The van der Waals surface area contributed by atoms with Gasteiger partial charge in [0.2, 0.25) is 15.2 Å². The molecule has 0 fully saturated rings. The number of amides is 1. The summed E-state index contributed by atoms with van der Waals surface area (Å²) in [5, 5.41) is 12.1. The van der Waals surface area contributed by atoms with E-state index in [1.165, 1.54) is 23.5 Å². The van der Waals surface area contributed by atoms with Crippen molar-refractivity contribution in [3.8, 4) is 10.6 Å². The largest absolute Gasteiger partial charge is 0.296 e. The summed E-state index contributed by atoms with van der Waals surface area (Å²) in [6.07, 6.45) is 0. The number of rotatable bonds is 5. The third-order valence-electron chi connectivity index (χ3n) is 3.95. The van der Waals surface area contributed by atoms with Gasteiger partial charge in [0, 0.05) is 16.7 Å². The molecule has 0 bridgehead atoms. The second kappa shape index (κ2) is 8.43. The first-order valence-electron chi connectivity index (χ1n) is 9.01. The van der Waals surface area contributed by atoms with E-state index in [9.17, 15) is 13.2 Å². The number of aromatic nitrogens is 2. The summed E-state index contributed by atoms with van der Waals surface area (Å²) in [5.74, 6) is -0.470. The van der Waals surface area contributed by atoms with Crippen molar-refractivity contribution >= 4 is 44.0 Å². The Hall–Kier alpha value is -2.33. The molecule has 0 aliphatic heterocycles. The summed E-state index contributed by atoms with van der Waals surface area (Å²) in [4.78, 5) is 12.8. The molecule has 1 amide bonds. The molecule has 30 heavy (non-hydrogen) atoms. The molecule has 0 saturated heterocycles. The van der Waals surface area contributed by atoms with Gasteiger partial charge in [-0.3, -0.25) is 10.1 Å². The molecule has 0 unspecified atom stereocenters. The highest BCUT2D eigenvalue weighted by molar-refractivity contribution is 7.89. The Bertz CT molecular complexity index is 1200. The van der Waals surface area contributed by atoms with Crippen LogP contribution in [0.3, 0.4) is 0 Å². The van der Waals surface area contributed by atoms with Gasteiger partial charge in [-0.05, 0) is 51.5 Å². The molecule has 7 nitrogen and oxygen atoms in total. The molecule has 3 rings (SSSR count). The normalized spacial score (nSPS) is 12.0. The lowest BCUT2D eigenvalue weighted by Crippen LogP contribution is -2.40. The van der Waals surface area contributed by atoms with Crippen molar-refractivity contribution in [3.05, 3.63) is 58.6 Å². The second-order valence-corrected chi connectivity index (χ2v) is 10.7. The van der Waals surface area contributed by atoms with Gasteiger partial charge in [-0.15, -0.1) is 10.2 Å². The van der Waals surface area contributed by atoms with Crippen LogP contribution >= 0.6 is 22.9 Å². The quantitative estimate of drug-likeness (QED) is 0.579. The number of carbonyl (C=O) groups excluding carboxylic acids is 1. The van der Waals surface area contributed by atoms with Crippen molar-refractivity contribution in [1.82, 2.24) is 14.9 Å². The van der Waals surface area contributed by atoms with Gasteiger partial charge in [-0.1, -0.05) is 47.2 Å². The molecule has 1 aromatic heterocycles. The standard InChI is InChI=1S/C20H21ClN4O3S2/c1-12-9-10-13(30(27,28)25-20(2,3)4)11-15(12)17(26)22-19-24-23-18(29-19)14-7-5-6-8-16(14)21/h5-11,25H,1-4H3,(H,22,24,26). The maximum Gasteiger partial charge on any atom is 0.257 e. The monoisotopic (exact) mass is 464 g/mol. The van der Waals surface area contributed by atoms with Gasteiger partial charge < -0.3 is 0 Å². The Labute approximate surface area is 184 Å². The lowest BCUT2D eigenvalue weighted by Gasteiger charge is -2.20. The number of benzene rings is 2. The van der Waals surface area contributed by atoms with Crippen molar-refractivity contribution in [3.63, 3.8) is 0 Å². The number of aryl methyl sites for hydroxylation is 1. The Kier molecular flexibility index (Phi) is 6.28. The number of hydrogen-bond acceptors (Lipinski definition) is 6. The number of nitrogens with zero attached hydrogens (tertiary/aromatic N) is 2. The molecule has 158 valence electrons. The van der Waals surface area contributed by atoms with Crippen molar-refractivity contribution in [2.45, 2.75) is 38.1 Å². The highest BCUT2D eigenvalue weighted by atomic mass is 35.5. The highest BCUT2D eigenvalue weighted by Crippen LogP contribution is 2.32. The van der Waals surface area contributed by atoms with Gasteiger partial charge >= 0.3 is 0 Å². The molecular formula is C20H21ClN4O3S2. The Morgan fingerprint density at radius 1 is 1.10 bits per heavy atom. The van der Waals surface area contributed by atoms with Crippen LogP contribution in [0.4, 0.5) is 5.13 Å². The average molecular weight is 465 g/mol. The first-order chi connectivity index (χ1) is 14.0. The summed E-state index contributed by atoms with van der Waals surface area (Å²) < 4.78 is 27.8. The fourth-order valence-corrected chi connectivity index (χ4v) is 5.16. The van der Waals surface area contributed by atoms with Crippen molar-refractivity contribution in [1.29, 1.82) is 0 Å². The van der Waals surface area contributed by atoms with Gasteiger partial charge in [0.25, 0.3) is 5.91 Å². The van der Waals surface area contributed by atoms with Crippen LogP contribution in [0.1, 0.15) is 36.7 Å². The van der Waals surface area contributed by atoms with Gasteiger partial charge in [0.05, 0.1) is 9.92 Å². The van der Waals surface area contributed by atoms with E-state index in [0.29, 0.717) is 15.6 Å². The predicted octanol–water partition coefficient (Wildman–Crippen LogP) is 4.50. The van der Waals surface area contributed by atoms with Gasteiger partial charge in [0.15, 0.2) is 5.01 Å². The molecule has 0 aliphatic carbocycles. The van der Waals surface area contributed by atoms with Gasteiger partial charge in [-0.2, -0.15) is 0 Å². The van der Waals surface area contributed by atoms with Crippen LogP contribution in [-0.2, 0) is 10.0 Å². The molecule has 3 aromatic rings. The number of anilines is 1. The number of hydrogen-bond donors (Lipinski definition) is 2. The summed E-state index contributed by atoms with van der Waals surface area (Å²) in [6, 6.07) is 11.6. The Morgan fingerprint density at radius 2 is 1.80 bits per heavy atom. The van der Waals surface area contributed by atoms with E-state index >= 15 is 0 Å². The molecule has 0 saturated carbocycles. The minimum atomic E-state index is -3.77. The Balaban J connectivity index is 1.85. The maximum atomic E-state index is 12.8. The van der Waals surface area contributed by atoms with E-state index in [2.05, 4.69) is 20.2 Å². The minimum Gasteiger partial charge on any atom is -0.296 e. The van der Waals surface area contributed by atoms with E-state index in [0.717, 1.165) is 5.56 Å². The smallest absolute Gasteiger partial charge is 0.257 e. The predicted molar refractivity (Wildman–Crippen MR) is 120 cm³/mol. The van der Waals surface area contributed by atoms with E-state index in [4.69, 9.17) is 11.6 Å². The topological polar surface area (TPSA) is 101 Å². The zero-order chi connectivity index (χ0) is 22.1. The fraction of sp³-hybridized carbons (Fsp3) is 0.250. The zero-order valence-corrected chi connectivity index (χ0v) is 19.2.